The van der Waals surface area contributed by atoms with Gasteiger partial charge in [-0.3, -0.25) is 0 Å². The Kier molecular flexibility index (Phi) is 3.95. The van der Waals surface area contributed by atoms with Crippen LogP contribution in [0.15, 0.2) is 24.5 Å². The molecule has 1 heterocycles. The molecule has 102 valence electrons. The van der Waals surface area contributed by atoms with Gasteiger partial charge in [0.15, 0.2) is 0 Å². The van der Waals surface area contributed by atoms with Crippen molar-refractivity contribution in [3.63, 3.8) is 0 Å². The zero-order chi connectivity index (χ0) is 13.9. The molecule has 2 aromatic rings. The summed E-state index contributed by atoms with van der Waals surface area (Å²) in [5.74, 6) is 0.232. The van der Waals surface area contributed by atoms with Crippen molar-refractivity contribution in [3.8, 4) is 0 Å². The highest BCUT2D eigenvalue weighted by atomic mass is 19.1. The molecule has 0 aliphatic carbocycles. The minimum Gasteiger partial charge on any atom is -0.394 e. The average Bonchev–Trinajstić information content (AvgIpc) is 2.45. The molecule has 0 fully saturated rings. The number of anilines is 1. The van der Waals surface area contributed by atoms with Gasteiger partial charge in [-0.1, -0.05) is 13.8 Å². The summed E-state index contributed by atoms with van der Waals surface area (Å²) in [4.78, 5) is 8.29. The van der Waals surface area contributed by atoms with Crippen LogP contribution in [0.5, 0.6) is 0 Å². The number of halogens is 1. The molecule has 4 nitrogen and oxygen atoms in total. The van der Waals surface area contributed by atoms with Crippen LogP contribution in [0.4, 0.5) is 10.2 Å². The van der Waals surface area contributed by atoms with Gasteiger partial charge in [-0.25, -0.2) is 14.4 Å². The normalized spacial score (nSPS) is 11.8. The first-order valence-corrected chi connectivity index (χ1v) is 6.43. The van der Waals surface area contributed by atoms with E-state index in [4.69, 9.17) is 0 Å². The largest absolute Gasteiger partial charge is 0.394 e. The van der Waals surface area contributed by atoms with Crippen molar-refractivity contribution >= 4 is 16.7 Å². The van der Waals surface area contributed by atoms with Crippen molar-refractivity contribution in [1.29, 1.82) is 0 Å². The molecule has 0 saturated heterocycles. The van der Waals surface area contributed by atoms with E-state index in [0.29, 0.717) is 16.7 Å². The Balaban J connectivity index is 2.47. The number of nitrogens with zero attached hydrogens (tertiary/aromatic N) is 2. The van der Waals surface area contributed by atoms with Crippen LogP contribution in [-0.4, -0.2) is 27.2 Å². The lowest BCUT2D eigenvalue weighted by atomic mass is 9.93. The first-order chi connectivity index (χ1) is 9.14. The fraction of sp³-hybridized carbons (Fsp3) is 0.429. The third-order valence-electron chi connectivity index (χ3n) is 3.64. The molecule has 2 N–H and O–H groups in total. The van der Waals surface area contributed by atoms with E-state index in [-0.39, 0.29) is 12.4 Å². The lowest BCUT2D eigenvalue weighted by Gasteiger charge is -2.31. The number of aliphatic hydroxyl groups excluding tert-OH is 1. The Bertz CT molecular complexity index is 561. The monoisotopic (exact) mass is 263 g/mol. The van der Waals surface area contributed by atoms with E-state index in [9.17, 15) is 9.50 Å². The van der Waals surface area contributed by atoms with Gasteiger partial charge >= 0.3 is 0 Å². The number of aromatic nitrogens is 2. The molecule has 0 spiro atoms. The highest BCUT2D eigenvalue weighted by molar-refractivity contribution is 5.89. The summed E-state index contributed by atoms with van der Waals surface area (Å²) in [5.41, 5.74) is 0.242. The van der Waals surface area contributed by atoms with Crippen molar-refractivity contribution in [1.82, 2.24) is 9.97 Å². The van der Waals surface area contributed by atoms with Gasteiger partial charge in [0, 0.05) is 5.39 Å². The number of fused-ring (bicyclic) bond motifs is 1. The summed E-state index contributed by atoms with van der Waals surface area (Å²) in [6.07, 6.45) is 2.94. The molecule has 0 bridgehead atoms. The quantitative estimate of drug-likeness (QED) is 0.871. The molecule has 1 aromatic heterocycles. The summed E-state index contributed by atoms with van der Waals surface area (Å²) in [6, 6.07) is 4.40. The number of rotatable bonds is 5. The summed E-state index contributed by atoms with van der Waals surface area (Å²) in [6.45, 7) is 3.99. The van der Waals surface area contributed by atoms with Gasteiger partial charge in [-0.05, 0) is 31.0 Å². The molecule has 0 saturated carbocycles. The van der Waals surface area contributed by atoms with Crippen molar-refractivity contribution in [2.45, 2.75) is 32.2 Å². The Morgan fingerprint density at radius 2 is 2.00 bits per heavy atom. The van der Waals surface area contributed by atoms with Crippen molar-refractivity contribution < 1.29 is 9.50 Å². The highest BCUT2D eigenvalue weighted by Crippen LogP contribution is 2.26. The standard InChI is InChI=1S/C14H18FN3O/c1-3-14(4-2,8-19)18-13-11-7-10(15)5-6-12(11)16-9-17-13/h5-7,9,19H,3-4,8H2,1-2H3,(H,16,17,18). The summed E-state index contributed by atoms with van der Waals surface area (Å²) in [7, 11) is 0. The molecule has 0 atom stereocenters. The fourth-order valence-electron chi connectivity index (χ4n) is 2.07. The Labute approximate surface area is 111 Å². The third-order valence-corrected chi connectivity index (χ3v) is 3.64. The maximum absolute atomic E-state index is 13.4. The molecule has 19 heavy (non-hydrogen) atoms. The zero-order valence-electron chi connectivity index (χ0n) is 11.2. The van der Waals surface area contributed by atoms with Gasteiger partial charge in [-0.15, -0.1) is 0 Å². The van der Waals surface area contributed by atoms with Crippen LogP contribution < -0.4 is 5.32 Å². The molecule has 0 radical (unpaired) electrons. The van der Waals surface area contributed by atoms with E-state index in [1.54, 1.807) is 6.07 Å². The SMILES string of the molecule is CCC(CC)(CO)Nc1ncnc2ccc(F)cc12. The van der Waals surface area contributed by atoms with Crippen molar-refractivity contribution in [2.75, 3.05) is 11.9 Å². The molecule has 0 aliphatic rings. The van der Waals surface area contributed by atoms with E-state index in [2.05, 4.69) is 15.3 Å². The van der Waals surface area contributed by atoms with Gasteiger partial charge < -0.3 is 10.4 Å². The van der Waals surface area contributed by atoms with Crippen LogP contribution >= 0.6 is 0 Å². The summed E-state index contributed by atoms with van der Waals surface area (Å²) >= 11 is 0. The Morgan fingerprint density at radius 1 is 1.26 bits per heavy atom. The second-order valence-corrected chi connectivity index (χ2v) is 4.65. The van der Waals surface area contributed by atoms with Gasteiger partial charge in [0.2, 0.25) is 0 Å². The minimum atomic E-state index is -0.437. The van der Waals surface area contributed by atoms with Crippen LogP contribution in [-0.2, 0) is 0 Å². The Hall–Kier alpha value is -1.75. The van der Waals surface area contributed by atoms with Gasteiger partial charge in [0.1, 0.15) is 18.0 Å². The van der Waals surface area contributed by atoms with Crippen molar-refractivity contribution in [2.24, 2.45) is 0 Å². The molecule has 2 rings (SSSR count). The Morgan fingerprint density at radius 3 is 2.63 bits per heavy atom. The minimum absolute atomic E-state index is 0.000805. The second kappa shape index (κ2) is 5.48. The van der Waals surface area contributed by atoms with Crippen LogP contribution in [0.1, 0.15) is 26.7 Å². The molecular weight excluding hydrogens is 245 g/mol. The van der Waals surface area contributed by atoms with Gasteiger partial charge in [0.25, 0.3) is 0 Å². The van der Waals surface area contributed by atoms with Crippen LogP contribution in [0.2, 0.25) is 0 Å². The molecule has 0 amide bonds. The first-order valence-electron chi connectivity index (χ1n) is 6.43. The fourth-order valence-corrected chi connectivity index (χ4v) is 2.07. The lowest BCUT2D eigenvalue weighted by molar-refractivity contribution is 0.202. The van der Waals surface area contributed by atoms with Crippen LogP contribution in [0.25, 0.3) is 10.9 Å². The number of hydrogen-bond acceptors (Lipinski definition) is 4. The van der Waals surface area contributed by atoms with E-state index < -0.39 is 5.54 Å². The second-order valence-electron chi connectivity index (χ2n) is 4.65. The molecule has 5 heteroatoms. The maximum Gasteiger partial charge on any atom is 0.137 e. The topological polar surface area (TPSA) is 58.0 Å². The van der Waals surface area contributed by atoms with Gasteiger partial charge in [-0.2, -0.15) is 0 Å². The molecule has 0 unspecified atom stereocenters. The summed E-state index contributed by atoms with van der Waals surface area (Å²) in [5, 5.41) is 13.5. The van der Waals surface area contributed by atoms with E-state index in [1.165, 1.54) is 18.5 Å². The van der Waals surface area contributed by atoms with E-state index >= 15 is 0 Å². The van der Waals surface area contributed by atoms with Crippen molar-refractivity contribution in [3.05, 3.63) is 30.3 Å². The predicted octanol–water partition coefficient (Wildman–Crippen LogP) is 2.73. The first kappa shape index (κ1) is 13.7. The van der Waals surface area contributed by atoms with E-state index in [1.807, 2.05) is 13.8 Å². The van der Waals surface area contributed by atoms with Gasteiger partial charge in [0.05, 0.1) is 17.7 Å². The van der Waals surface area contributed by atoms with Crippen LogP contribution in [0, 0.1) is 5.82 Å². The third kappa shape index (κ3) is 2.66. The smallest absolute Gasteiger partial charge is 0.137 e. The average molecular weight is 263 g/mol. The maximum atomic E-state index is 13.4. The number of benzene rings is 1. The molecule has 0 aliphatic heterocycles. The predicted molar refractivity (Wildman–Crippen MR) is 73.5 cm³/mol. The summed E-state index contributed by atoms with van der Waals surface area (Å²) < 4.78 is 13.4. The number of aliphatic hydroxyl groups is 1. The highest BCUT2D eigenvalue weighted by Gasteiger charge is 2.26. The number of hydrogen-bond donors (Lipinski definition) is 2. The number of nitrogens with one attached hydrogen (secondary N) is 1. The molecule has 1 aromatic carbocycles. The lowest BCUT2D eigenvalue weighted by Crippen LogP contribution is -2.41. The zero-order valence-corrected chi connectivity index (χ0v) is 11.2. The molecular formula is C14H18FN3O. The van der Waals surface area contributed by atoms with E-state index in [0.717, 1.165) is 12.8 Å². The van der Waals surface area contributed by atoms with Crippen LogP contribution in [0.3, 0.4) is 0 Å².